The van der Waals surface area contributed by atoms with Crippen LogP contribution in [0, 0.1) is 10.1 Å². The molecule has 112 valence electrons. The predicted molar refractivity (Wildman–Crippen MR) is 73.2 cm³/mol. The molecule has 0 saturated carbocycles. The Bertz CT molecular complexity index is 560. The predicted octanol–water partition coefficient (Wildman–Crippen LogP) is -0.133. The van der Waals surface area contributed by atoms with E-state index >= 15 is 0 Å². The molecule has 1 aromatic carbocycles. The molecule has 0 heterocycles. The minimum atomic E-state index is -1.06. The van der Waals surface area contributed by atoms with Crippen LogP contribution in [0.15, 0.2) is 24.3 Å². The fourth-order valence-electron chi connectivity index (χ4n) is 1.48. The van der Waals surface area contributed by atoms with E-state index < -0.39 is 16.7 Å². The molecule has 3 amide bonds. The largest absolute Gasteiger partial charge is 0.330 e. The Hall–Kier alpha value is -2.81. The molecular formula is C12H14N4O5. The topological polar surface area (TPSA) is 136 Å². The van der Waals surface area contributed by atoms with Crippen LogP contribution < -0.4 is 11.1 Å². The van der Waals surface area contributed by atoms with Crippen LogP contribution in [0.2, 0.25) is 0 Å². The Balaban J connectivity index is 2.75. The molecule has 3 N–H and O–H groups in total. The molecule has 0 radical (unpaired) electrons. The molecule has 1 rings (SSSR count). The maximum atomic E-state index is 11.7. The van der Waals surface area contributed by atoms with Gasteiger partial charge in [-0.25, -0.2) is 0 Å². The van der Waals surface area contributed by atoms with Gasteiger partial charge in [-0.05, 0) is 19.0 Å². The van der Waals surface area contributed by atoms with E-state index in [0.29, 0.717) is 11.3 Å². The number of non-ortho nitro benzene ring substituents is 1. The fraction of sp³-hybridized carbons (Fsp3) is 0.250. The maximum absolute atomic E-state index is 11.7. The van der Waals surface area contributed by atoms with E-state index in [-0.39, 0.29) is 30.9 Å². The van der Waals surface area contributed by atoms with E-state index in [2.05, 4.69) is 5.32 Å². The average Bonchev–Trinajstić information content (AvgIpc) is 2.48. The number of nitrogens with two attached hydrogens (primary N) is 1. The molecule has 0 bridgehead atoms. The molecule has 21 heavy (non-hydrogen) atoms. The standard InChI is InChI=1S/C12H14N4O5/c13-5-2-6-15(8-17)12(19)11(18)14-9-3-1-4-10(7-9)16(20)21/h1,3-4,7-8H,2,5-6,13H2,(H,14,18). The summed E-state index contributed by atoms with van der Waals surface area (Å²) in [7, 11) is 0. The highest BCUT2D eigenvalue weighted by Gasteiger charge is 2.21. The Kier molecular flexibility index (Phi) is 5.96. The van der Waals surface area contributed by atoms with Gasteiger partial charge in [0.25, 0.3) is 5.69 Å². The Labute approximate surface area is 119 Å². The summed E-state index contributed by atoms with van der Waals surface area (Å²) in [6.07, 6.45) is 0.611. The number of nitrogens with zero attached hydrogens (tertiary/aromatic N) is 2. The first kappa shape index (κ1) is 16.2. The van der Waals surface area contributed by atoms with Crippen LogP contribution in [-0.2, 0) is 14.4 Å². The van der Waals surface area contributed by atoms with E-state index in [0.717, 1.165) is 6.07 Å². The highest BCUT2D eigenvalue weighted by Crippen LogP contribution is 2.16. The number of hydrogen-bond acceptors (Lipinski definition) is 6. The van der Waals surface area contributed by atoms with Crippen molar-refractivity contribution in [1.82, 2.24) is 4.90 Å². The zero-order valence-corrected chi connectivity index (χ0v) is 11.0. The van der Waals surface area contributed by atoms with Crippen molar-refractivity contribution in [3.63, 3.8) is 0 Å². The Morgan fingerprint density at radius 2 is 2.14 bits per heavy atom. The number of hydrogen-bond donors (Lipinski definition) is 2. The average molecular weight is 294 g/mol. The molecule has 0 spiro atoms. The van der Waals surface area contributed by atoms with Crippen LogP contribution in [0.5, 0.6) is 0 Å². The van der Waals surface area contributed by atoms with Gasteiger partial charge in [-0.2, -0.15) is 0 Å². The quantitative estimate of drug-likeness (QED) is 0.324. The summed E-state index contributed by atoms with van der Waals surface area (Å²) in [6.45, 7) is 0.297. The van der Waals surface area contributed by atoms with Gasteiger partial charge in [0, 0.05) is 24.4 Å². The lowest BCUT2D eigenvalue weighted by atomic mass is 10.3. The first-order chi connectivity index (χ1) is 9.99. The third kappa shape index (κ3) is 4.66. The Morgan fingerprint density at radius 3 is 2.71 bits per heavy atom. The zero-order valence-electron chi connectivity index (χ0n) is 11.0. The van der Waals surface area contributed by atoms with Gasteiger partial charge < -0.3 is 11.1 Å². The van der Waals surface area contributed by atoms with Crippen LogP contribution in [0.4, 0.5) is 11.4 Å². The summed E-state index contributed by atoms with van der Waals surface area (Å²) in [4.78, 5) is 44.8. The summed E-state index contributed by atoms with van der Waals surface area (Å²) in [6, 6.07) is 5.11. The van der Waals surface area contributed by atoms with Crippen molar-refractivity contribution in [2.45, 2.75) is 6.42 Å². The van der Waals surface area contributed by atoms with E-state index in [4.69, 9.17) is 5.73 Å². The lowest BCUT2D eigenvalue weighted by molar-refractivity contribution is -0.384. The first-order valence-electron chi connectivity index (χ1n) is 6.01. The van der Waals surface area contributed by atoms with Crippen molar-refractivity contribution in [1.29, 1.82) is 0 Å². The molecule has 0 aromatic heterocycles. The monoisotopic (exact) mass is 294 g/mol. The smallest absolute Gasteiger partial charge is 0.318 e. The van der Waals surface area contributed by atoms with Crippen molar-refractivity contribution >= 4 is 29.6 Å². The number of nitro benzene ring substituents is 1. The zero-order chi connectivity index (χ0) is 15.8. The molecule has 0 saturated heterocycles. The van der Waals surface area contributed by atoms with Gasteiger partial charge in [0.05, 0.1) is 4.92 Å². The second-order valence-corrected chi connectivity index (χ2v) is 4.01. The fourth-order valence-corrected chi connectivity index (χ4v) is 1.48. The Morgan fingerprint density at radius 1 is 1.43 bits per heavy atom. The molecule has 0 aliphatic rings. The van der Waals surface area contributed by atoms with Crippen LogP contribution in [-0.4, -0.2) is 41.1 Å². The number of anilines is 1. The van der Waals surface area contributed by atoms with Crippen molar-refractivity contribution in [2.75, 3.05) is 18.4 Å². The maximum Gasteiger partial charge on any atom is 0.318 e. The van der Waals surface area contributed by atoms with Crippen molar-refractivity contribution in [3.05, 3.63) is 34.4 Å². The van der Waals surface area contributed by atoms with Crippen LogP contribution >= 0.6 is 0 Å². The van der Waals surface area contributed by atoms with Crippen molar-refractivity contribution < 1.29 is 19.3 Å². The number of carbonyl (C=O) groups is 3. The number of carbonyl (C=O) groups excluding carboxylic acids is 3. The summed E-state index contributed by atoms with van der Waals surface area (Å²) in [5.74, 6) is -2.11. The van der Waals surface area contributed by atoms with E-state index in [9.17, 15) is 24.5 Å². The highest BCUT2D eigenvalue weighted by atomic mass is 16.6. The molecule has 9 nitrogen and oxygen atoms in total. The summed E-state index contributed by atoms with van der Waals surface area (Å²) >= 11 is 0. The lowest BCUT2D eigenvalue weighted by Gasteiger charge is -2.14. The third-order valence-electron chi connectivity index (χ3n) is 2.50. The molecule has 9 heteroatoms. The molecular weight excluding hydrogens is 280 g/mol. The van der Waals surface area contributed by atoms with Crippen LogP contribution in [0.25, 0.3) is 0 Å². The van der Waals surface area contributed by atoms with E-state index in [1.54, 1.807) is 0 Å². The second-order valence-electron chi connectivity index (χ2n) is 4.01. The van der Waals surface area contributed by atoms with Crippen LogP contribution in [0.3, 0.4) is 0 Å². The van der Waals surface area contributed by atoms with Gasteiger partial charge in [0.2, 0.25) is 6.41 Å². The van der Waals surface area contributed by atoms with Gasteiger partial charge in [-0.15, -0.1) is 0 Å². The number of rotatable bonds is 6. The molecule has 0 aliphatic heterocycles. The molecule has 1 aromatic rings. The number of benzene rings is 1. The van der Waals surface area contributed by atoms with E-state index in [1.807, 2.05) is 0 Å². The van der Waals surface area contributed by atoms with Gasteiger partial charge in [0.15, 0.2) is 0 Å². The lowest BCUT2D eigenvalue weighted by Crippen LogP contribution is -2.39. The third-order valence-corrected chi connectivity index (χ3v) is 2.50. The summed E-state index contributed by atoms with van der Waals surface area (Å²) < 4.78 is 0. The second kappa shape index (κ2) is 7.70. The SMILES string of the molecule is NCCCN(C=O)C(=O)C(=O)Nc1cccc([N+](=O)[O-])c1. The number of imide groups is 1. The molecule has 0 unspecified atom stereocenters. The van der Waals surface area contributed by atoms with Crippen molar-refractivity contribution in [2.24, 2.45) is 5.73 Å². The summed E-state index contributed by atoms with van der Waals surface area (Å²) in [5, 5.41) is 12.8. The molecule has 0 aliphatic carbocycles. The van der Waals surface area contributed by atoms with Gasteiger partial charge >= 0.3 is 11.8 Å². The van der Waals surface area contributed by atoms with Crippen molar-refractivity contribution in [3.8, 4) is 0 Å². The number of nitrogens with one attached hydrogen (secondary N) is 1. The van der Waals surface area contributed by atoms with E-state index in [1.165, 1.54) is 18.2 Å². The molecule has 0 fully saturated rings. The molecule has 0 atom stereocenters. The number of nitro groups is 1. The highest BCUT2D eigenvalue weighted by molar-refractivity contribution is 6.41. The first-order valence-corrected chi connectivity index (χ1v) is 6.01. The number of amides is 3. The van der Waals surface area contributed by atoms with Crippen LogP contribution in [0.1, 0.15) is 6.42 Å². The van der Waals surface area contributed by atoms with Gasteiger partial charge in [0.1, 0.15) is 0 Å². The van der Waals surface area contributed by atoms with Gasteiger partial charge in [-0.3, -0.25) is 29.4 Å². The van der Waals surface area contributed by atoms with Gasteiger partial charge in [-0.1, -0.05) is 6.07 Å². The normalized spacial score (nSPS) is 9.76. The minimum Gasteiger partial charge on any atom is -0.330 e. The summed E-state index contributed by atoms with van der Waals surface area (Å²) in [5.41, 5.74) is 5.12. The minimum absolute atomic E-state index is 0.0290.